The van der Waals surface area contributed by atoms with Crippen molar-refractivity contribution in [3.8, 4) is 11.5 Å². The van der Waals surface area contributed by atoms with Crippen LogP contribution >= 0.6 is 15.9 Å². The summed E-state index contributed by atoms with van der Waals surface area (Å²) in [6.45, 7) is 6.52. The summed E-state index contributed by atoms with van der Waals surface area (Å²) in [4.78, 5) is 18.6. The van der Waals surface area contributed by atoms with Crippen LogP contribution in [-0.4, -0.2) is 22.5 Å². The minimum atomic E-state index is -0.292. The van der Waals surface area contributed by atoms with E-state index in [9.17, 15) is 9.18 Å². The second-order valence-electron chi connectivity index (χ2n) is 10.2. The van der Waals surface area contributed by atoms with Gasteiger partial charge in [-0.3, -0.25) is 4.79 Å². The molecule has 3 aromatic carbocycles. The number of fused-ring (bicyclic) bond motifs is 1. The van der Waals surface area contributed by atoms with Crippen molar-refractivity contribution in [3.63, 3.8) is 0 Å². The van der Waals surface area contributed by atoms with Crippen LogP contribution in [0.25, 0.3) is 10.9 Å². The lowest BCUT2D eigenvalue weighted by atomic mass is 9.88. The van der Waals surface area contributed by atoms with Crippen molar-refractivity contribution in [1.29, 1.82) is 0 Å². The lowest BCUT2D eigenvalue weighted by Crippen LogP contribution is -2.25. The van der Waals surface area contributed by atoms with Gasteiger partial charge >= 0.3 is 0 Å². The molecule has 1 aliphatic carbocycles. The molecule has 6 nitrogen and oxygen atoms in total. The molecule has 4 aromatic rings. The molecule has 5 rings (SSSR count). The summed E-state index contributed by atoms with van der Waals surface area (Å²) in [6, 6.07) is 15.6. The highest BCUT2D eigenvalue weighted by molar-refractivity contribution is 9.10. The third-order valence-electron chi connectivity index (χ3n) is 7.24. The van der Waals surface area contributed by atoms with E-state index >= 15 is 0 Å². The molecule has 0 atom stereocenters. The first-order valence-corrected chi connectivity index (χ1v) is 14.8. The highest BCUT2D eigenvalue weighted by Crippen LogP contribution is 2.35. The topological polar surface area (TPSA) is 65.7 Å². The normalized spacial score (nSPS) is 14.0. The van der Waals surface area contributed by atoms with Crippen molar-refractivity contribution < 1.29 is 13.9 Å². The van der Waals surface area contributed by atoms with Crippen LogP contribution in [0, 0.1) is 5.82 Å². The fourth-order valence-electron chi connectivity index (χ4n) is 5.25. The van der Waals surface area contributed by atoms with Crippen LogP contribution in [0.3, 0.4) is 0 Å². The Hall–Kier alpha value is -3.78. The van der Waals surface area contributed by atoms with E-state index in [1.165, 1.54) is 23.2 Å². The molecule has 0 unspecified atom stereocenters. The van der Waals surface area contributed by atoms with Gasteiger partial charge in [0.05, 0.1) is 23.7 Å². The van der Waals surface area contributed by atoms with Gasteiger partial charge in [0.1, 0.15) is 18.2 Å². The molecule has 212 valence electrons. The number of aromatic nitrogens is 2. The van der Waals surface area contributed by atoms with Crippen LogP contribution in [-0.2, 0) is 13.0 Å². The van der Waals surface area contributed by atoms with Gasteiger partial charge in [0.25, 0.3) is 5.56 Å². The standard InChI is InChI=1S/C33H33BrFN3O3/c1-3-8-25-17-23(18-30(40-4-2)31(25)41-21-22-11-14-27(35)15-12-22)20-36-38-32(24-9-6-5-7-10-24)37-29-16-13-26(34)19-28(29)33(38)39/h3,11-20,24H,1,4-10,21H2,2H3. The van der Waals surface area contributed by atoms with Crippen molar-refractivity contribution in [1.82, 2.24) is 9.66 Å². The number of benzene rings is 3. The Balaban J connectivity index is 1.54. The SMILES string of the molecule is C=CCc1cc(C=Nn2c(C3CCCCC3)nc3ccc(Br)cc3c2=O)cc(OCC)c1OCc1ccc(F)cc1. The Kier molecular flexibility index (Phi) is 9.29. The Morgan fingerprint density at radius 1 is 1.10 bits per heavy atom. The summed E-state index contributed by atoms with van der Waals surface area (Å²) in [5.41, 5.74) is 2.96. The molecule has 8 heteroatoms. The zero-order valence-corrected chi connectivity index (χ0v) is 24.7. The zero-order chi connectivity index (χ0) is 28.8. The average molecular weight is 619 g/mol. The highest BCUT2D eigenvalue weighted by atomic mass is 79.9. The predicted octanol–water partition coefficient (Wildman–Crippen LogP) is 7.93. The van der Waals surface area contributed by atoms with Gasteiger partial charge in [0, 0.05) is 16.0 Å². The summed E-state index contributed by atoms with van der Waals surface area (Å²) in [5.74, 6) is 1.76. The number of halogens is 2. The van der Waals surface area contributed by atoms with Crippen LogP contribution in [0.15, 0.2) is 81.6 Å². The number of ether oxygens (including phenoxy) is 2. The van der Waals surface area contributed by atoms with E-state index in [0.29, 0.717) is 41.3 Å². The lowest BCUT2D eigenvalue weighted by molar-refractivity contribution is 0.267. The van der Waals surface area contributed by atoms with E-state index < -0.39 is 0 Å². The number of hydrogen-bond acceptors (Lipinski definition) is 5. The molecule has 41 heavy (non-hydrogen) atoms. The monoisotopic (exact) mass is 617 g/mol. The van der Waals surface area contributed by atoms with E-state index in [1.807, 2.05) is 31.2 Å². The van der Waals surface area contributed by atoms with Crippen LogP contribution in [0.4, 0.5) is 4.39 Å². The largest absolute Gasteiger partial charge is 0.490 e. The van der Waals surface area contributed by atoms with Crippen molar-refractivity contribution in [2.24, 2.45) is 5.10 Å². The van der Waals surface area contributed by atoms with Crippen LogP contribution in [0.2, 0.25) is 0 Å². The predicted molar refractivity (Wildman–Crippen MR) is 165 cm³/mol. The molecule has 1 aliphatic rings. The van der Waals surface area contributed by atoms with Gasteiger partial charge in [-0.15, -0.1) is 6.58 Å². The average Bonchev–Trinajstić information content (AvgIpc) is 2.98. The van der Waals surface area contributed by atoms with Crippen molar-refractivity contribution in [2.75, 3.05) is 6.61 Å². The number of allylic oxidation sites excluding steroid dienone is 1. The second-order valence-corrected chi connectivity index (χ2v) is 11.1. The quantitative estimate of drug-likeness (QED) is 0.134. The van der Waals surface area contributed by atoms with E-state index in [0.717, 1.165) is 46.8 Å². The maximum atomic E-state index is 13.7. The molecule has 0 aliphatic heterocycles. The maximum Gasteiger partial charge on any atom is 0.282 e. The first-order chi connectivity index (χ1) is 20.0. The Morgan fingerprint density at radius 3 is 2.61 bits per heavy atom. The summed E-state index contributed by atoms with van der Waals surface area (Å²) in [6.07, 6.45) is 9.43. The van der Waals surface area contributed by atoms with Gasteiger partial charge in [-0.1, -0.05) is 53.4 Å². The Bertz CT molecular complexity index is 1630. The number of nitrogens with zero attached hydrogens (tertiary/aromatic N) is 3. The van der Waals surface area contributed by atoms with Gasteiger partial charge in [-0.2, -0.15) is 9.78 Å². The smallest absolute Gasteiger partial charge is 0.282 e. The van der Waals surface area contributed by atoms with Gasteiger partial charge in [0.15, 0.2) is 11.5 Å². The molecular weight excluding hydrogens is 585 g/mol. The van der Waals surface area contributed by atoms with Crippen molar-refractivity contribution in [2.45, 2.75) is 58.0 Å². The summed E-state index contributed by atoms with van der Waals surface area (Å²) < 4.78 is 27.8. The first kappa shape index (κ1) is 28.7. The molecule has 1 fully saturated rings. The number of rotatable bonds is 10. The van der Waals surface area contributed by atoms with E-state index in [1.54, 1.807) is 30.5 Å². The van der Waals surface area contributed by atoms with E-state index in [4.69, 9.17) is 19.6 Å². The molecule has 1 heterocycles. The molecule has 0 amide bonds. The van der Waals surface area contributed by atoms with Crippen molar-refractivity contribution in [3.05, 3.63) is 110 Å². The molecule has 0 N–H and O–H groups in total. The molecule has 1 saturated carbocycles. The molecule has 0 saturated heterocycles. The fraction of sp³-hybridized carbons (Fsp3) is 0.303. The summed E-state index contributed by atoms with van der Waals surface area (Å²) in [7, 11) is 0. The van der Waals surface area contributed by atoms with Crippen molar-refractivity contribution >= 4 is 33.0 Å². The summed E-state index contributed by atoms with van der Waals surface area (Å²) in [5, 5.41) is 5.23. The Morgan fingerprint density at radius 2 is 1.88 bits per heavy atom. The van der Waals surface area contributed by atoms with E-state index in [-0.39, 0.29) is 23.9 Å². The lowest BCUT2D eigenvalue weighted by Gasteiger charge is -2.22. The zero-order valence-electron chi connectivity index (χ0n) is 23.1. The van der Waals surface area contributed by atoms with E-state index in [2.05, 4.69) is 22.5 Å². The van der Waals surface area contributed by atoms with Crippen LogP contribution < -0.4 is 15.0 Å². The molecule has 0 radical (unpaired) electrons. The minimum Gasteiger partial charge on any atom is -0.490 e. The first-order valence-electron chi connectivity index (χ1n) is 14.0. The van der Waals surface area contributed by atoms with Crippen LogP contribution in [0.1, 0.15) is 67.5 Å². The van der Waals surface area contributed by atoms with Gasteiger partial charge in [0.2, 0.25) is 0 Å². The number of hydrogen-bond donors (Lipinski definition) is 0. The molecule has 1 aromatic heterocycles. The third kappa shape index (κ3) is 6.76. The Labute approximate surface area is 247 Å². The second kappa shape index (κ2) is 13.3. The molecule has 0 bridgehead atoms. The van der Waals surface area contributed by atoms with Gasteiger partial charge < -0.3 is 9.47 Å². The third-order valence-corrected chi connectivity index (χ3v) is 7.73. The fourth-order valence-corrected chi connectivity index (χ4v) is 5.62. The van der Waals surface area contributed by atoms with Crippen LogP contribution in [0.5, 0.6) is 11.5 Å². The molecular formula is C33H33BrFN3O3. The minimum absolute atomic E-state index is 0.180. The molecule has 0 spiro atoms. The highest BCUT2D eigenvalue weighted by Gasteiger charge is 2.23. The van der Waals surface area contributed by atoms with Gasteiger partial charge in [-0.05, 0) is 79.8 Å². The van der Waals surface area contributed by atoms with Gasteiger partial charge in [-0.25, -0.2) is 9.37 Å². The summed E-state index contributed by atoms with van der Waals surface area (Å²) >= 11 is 3.48. The maximum absolute atomic E-state index is 13.7.